The molecule has 2 aromatic rings. The lowest BCUT2D eigenvalue weighted by Crippen LogP contribution is -2.37. The molecule has 0 spiro atoms. The predicted molar refractivity (Wildman–Crippen MR) is 118 cm³/mol. The molecule has 12 heteroatoms. The normalized spacial score (nSPS) is 16.1. The summed E-state index contributed by atoms with van der Waals surface area (Å²) in [5.74, 6) is -2.51. The van der Waals surface area contributed by atoms with Gasteiger partial charge in [0.1, 0.15) is 0 Å². The smallest absolute Gasteiger partial charge is 0.416 e. The minimum absolute atomic E-state index is 0.0615. The van der Waals surface area contributed by atoms with Gasteiger partial charge in [0, 0.05) is 37.8 Å². The van der Waals surface area contributed by atoms with E-state index in [-0.39, 0.29) is 30.3 Å². The summed E-state index contributed by atoms with van der Waals surface area (Å²) >= 11 is 0. The molecule has 0 aromatic heterocycles. The Morgan fingerprint density at radius 3 is 1.58 bits per heavy atom. The first-order valence-electron chi connectivity index (χ1n) is 10.7. The van der Waals surface area contributed by atoms with Crippen LogP contribution in [0.1, 0.15) is 28.7 Å². The van der Waals surface area contributed by atoms with E-state index in [1.165, 1.54) is 36.4 Å². The lowest BCUT2D eigenvalue weighted by molar-refractivity contribution is -0.138. The zero-order valence-electron chi connectivity index (χ0n) is 18.8. The molecule has 196 valence electrons. The fraction of sp³-hybridized carbons (Fsp3) is 0.333. The van der Waals surface area contributed by atoms with E-state index in [1.807, 2.05) is 0 Å². The molecule has 1 heterocycles. The van der Waals surface area contributed by atoms with E-state index < -0.39 is 35.4 Å². The summed E-state index contributed by atoms with van der Waals surface area (Å²) in [5.41, 5.74) is -1.39. The fourth-order valence-electron chi connectivity index (χ4n) is 3.71. The van der Waals surface area contributed by atoms with Gasteiger partial charge in [-0.3, -0.25) is 4.90 Å². The third-order valence-electron chi connectivity index (χ3n) is 5.31. The summed E-state index contributed by atoms with van der Waals surface area (Å²) in [7, 11) is 0. The Morgan fingerprint density at radius 1 is 0.833 bits per heavy atom. The highest BCUT2D eigenvalue weighted by Gasteiger charge is 2.36. The molecule has 0 unspecified atom stereocenters. The Morgan fingerprint density at radius 2 is 1.25 bits per heavy atom. The van der Waals surface area contributed by atoms with Crippen molar-refractivity contribution in [2.24, 2.45) is 0 Å². The van der Waals surface area contributed by atoms with E-state index in [1.54, 1.807) is 4.90 Å². The minimum Gasteiger partial charge on any atom is -0.478 e. The topological polar surface area (TPSA) is 89.9 Å². The second-order valence-corrected chi connectivity index (χ2v) is 7.87. The van der Waals surface area contributed by atoms with Crippen LogP contribution >= 0.6 is 0 Å². The van der Waals surface area contributed by atoms with Crippen molar-refractivity contribution < 1.29 is 46.1 Å². The van der Waals surface area contributed by atoms with Gasteiger partial charge in [-0.2, -0.15) is 26.3 Å². The van der Waals surface area contributed by atoms with Gasteiger partial charge in [0.05, 0.1) is 11.1 Å². The second kappa shape index (κ2) is 12.5. The third-order valence-corrected chi connectivity index (χ3v) is 5.31. The standard InChI is InChI=1S/C20H20F6N2.C4H4O4/c21-19(22,23)17-7-3-1-5-14(17)12-28(16-9-10-27-11-16)13-15-6-2-4-8-18(15)20(24,25)26;5-3(6)1-2-4(7)8/h1-8,16,27H,9-13H2;1-2H,(H,5,6)(H,7,8)/b;2-1+/t16-;/m0./s1. The number of hydrogen-bond donors (Lipinski definition) is 3. The molecule has 2 aromatic carbocycles. The molecular weight excluding hydrogens is 494 g/mol. The van der Waals surface area contributed by atoms with Crippen molar-refractivity contribution in [3.05, 3.63) is 82.9 Å². The average Bonchev–Trinajstić information content (AvgIpc) is 3.32. The maximum absolute atomic E-state index is 13.3. The van der Waals surface area contributed by atoms with Gasteiger partial charge in [0.25, 0.3) is 0 Å². The molecule has 0 amide bonds. The summed E-state index contributed by atoms with van der Waals surface area (Å²) in [5, 5.41) is 18.8. The molecule has 0 bridgehead atoms. The number of carboxylic acid groups (broad SMARTS) is 2. The summed E-state index contributed by atoms with van der Waals surface area (Å²) in [6.45, 7) is 1.06. The summed E-state index contributed by atoms with van der Waals surface area (Å²) in [6.07, 6.45) is -7.24. The molecule has 6 nitrogen and oxygen atoms in total. The highest BCUT2D eigenvalue weighted by Crippen LogP contribution is 2.35. The lowest BCUT2D eigenvalue weighted by atomic mass is 10.0. The minimum atomic E-state index is -4.51. The van der Waals surface area contributed by atoms with Crippen molar-refractivity contribution in [2.75, 3.05) is 13.1 Å². The third kappa shape index (κ3) is 9.00. The number of hydrogen-bond acceptors (Lipinski definition) is 4. The summed E-state index contributed by atoms with van der Waals surface area (Å²) < 4.78 is 80.1. The number of carbonyl (C=O) groups is 2. The number of halogens is 6. The van der Waals surface area contributed by atoms with Crippen molar-refractivity contribution in [1.29, 1.82) is 0 Å². The van der Waals surface area contributed by atoms with Crippen LogP contribution in [0.4, 0.5) is 26.3 Å². The van der Waals surface area contributed by atoms with Crippen LogP contribution in [0.3, 0.4) is 0 Å². The van der Waals surface area contributed by atoms with Crippen molar-refractivity contribution in [2.45, 2.75) is 37.9 Å². The first-order valence-corrected chi connectivity index (χ1v) is 10.7. The Hall–Kier alpha value is -3.38. The molecule has 1 atom stereocenters. The van der Waals surface area contributed by atoms with Crippen LogP contribution < -0.4 is 5.32 Å². The van der Waals surface area contributed by atoms with E-state index >= 15 is 0 Å². The van der Waals surface area contributed by atoms with Crippen LogP contribution in [0.25, 0.3) is 0 Å². The van der Waals surface area contributed by atoms with E-state index in [2.05, 4.69) is 5.32 Å². The zero-order chi connectivity index (χ0) is 26.9. The van der Waals surface area contributed by atoms with E-state index in [9.17, 15) is 35.9 Å². The zero-order valence-corrected chi connectivity index (χ0v) is 18.8. The summed E-state index contributed by atoms with van der Waals surface area (Å²) in [4.78, 5) is 20.8. The Bertz CT molecular complexity index is 988. The van der Waals surface area contributed by atoms with Gasteiger partial charge in [-0.15, -0.1) is 0 Å². The fourth-order valence-corrected chi connectivity index (χ4v) is 3.71. The van der Waals surface area contributed by atoms with E-state index in [0.717, 1.165) is 12.1 Å². The van der Waals surface area contributed by atoms with Gasteiger partial charge in [-0.05, 0) is 36.2 Å². The van der Waals surface area contributed by atoms with Crippen LogP contribution in [0.5, 0.6) is 0 Å². The molecule has 3 N–H and O–H groups in total. The molecule has 0 aliphatic carbocycles. The van der Waals surface area contributed by atoms with Crippen molar-refractivity contribution >= 4 is 11.9 Å². The molecule has 1 saturated heterocycles. The number of carboxylic acids is 2. The lowest BCUT2D eigenvalue weighted by Gasteiger charge is -2.30. The Balaban J connectivity index is 0.000000493. The van der Waals surface area contributed by atoms with Crippen LogP contribution in [-0.2, 0) is 35.0 Å². The Labute approximate surface area is 202 Å². The molecular formula is C24H24F6N2O4. The Kier molecular flexibility index (Phi) is 10.1. The van der Waals surface area contributed by atoms with Crippen LogP contribution in [0.2, 0.25) is 0 Å². The molecule has 36 heavy (non-hydrogen) atoms. The quantitative estimate of drug-likeness (QED) is 0.361. The van der Waals surface area contributed by atoms with Crippen LogP contribution in [-0.4, -0.2) is 46.2 Å². The van der Waals surface area contributed by atoms with E-state index in [4.69, 9.17) is 10.2 Å². The first-order chi connectivity index (χ1) is 16.8. The highest BCUT2D eigenvalue weighted by atomic mass is 19.4. The van der Waals surface area contributed by atoms with Crippen molar-refractivity contribution in [3.63, 3.8) is 0 Å². The van der Waals surface area contributed by atoms with Crippen LogP contribution in [0.15, 0.2) is 60.7 Å². The molecule has 1 fully saturated rings. The number of alkyl halides is 6. The van der Waals surface area contributed by atoms with Crippen LogP contribution in [0, 0.1) is 0 Å². The van der Waals surface area contributed by atoms with Gasteiger partial charge >= 0.3 is 24.3 Å². The van der Waals surface area contributed by atoms with Gasteiger partial charge < -0.3 is 15.5 Å². The summed E-state index contributed by atoms with van der Waals surface area (Å²) in [6, 6.07) is 10.3. The number of benzene rings is 2. The largest absolute Gasteiger partial charge is 0.478 e. The molecule has 1 aliphatic heterocycles. The molecule has 1 aliphatic rings. The van der Waals surface area contributed by atoms with Gasteiger partial charge in [0.15, 0.2) is 0 Å². The maximum atomic E-state index is 13.3. The SMILES string of the molecule is FC(F)(F)c1ccccc1CN(Cc1ccccc1C(F)(F)F)[C@H]1CCNC1.O=C(O)/C=C/C(=O)O. The molecule has 0 saturated carbocycles. The van der Waals surface area contributed by atoms with E-state index in [0.29, 0.717) is 31.7 Å². The number of nitrogens with one attached hydrogen (secondary N) is 1. The second-order valence-electron chi connectivity index (χ2n) is 7.87. The van der Waals surface area contributed by atoms with Gasteiger partial charge in [-0.1, -0.05) is 36.4 Å². The predicted octanol–water partition coefficient (Wildman–Crippen LogP) is 4.80. The number of nitrogens with zero attached hydrogens (tertiary/aromatic N) is 1. The maximum Gasteiger partial charge on any atom is 0.416 e. The molecule has 0 radical (unpaired) electrons. The van der Waals surface area contributed by atoms with Gasteiger partial charge in [-0.25, -0.2) is 9.59 Å². The number of rotatable bonds is 7. The first kappa shape index (κ1) is 28.9. The van der Waals surface area contributed by atoms with Gasteiger partial charge in [0.2, 0.25) is 0 Å². The highest BCUT2D eigenvalue weighted by molar-refractivity contribution is 5.89. The van der Waals surface area contributed by atoms with Crippen molar-refractivity contribution in [3.8, 4) is 0 Å². The van der Waals surface area contributed by atoms with Crippen molar-refractivity contribution in [1.82, 2.24) is 10.2 Å². The number of aliphatic carboxylic acids is 2. The molecule has 3 rings (SSSR count). The monoisotopic (exact) mass is 518 g/mol. The average molecular weight is 518 g/mol.